The van der Waals surface area contributed by atoms with Crippen LogP contribution in [0.2, 0.25) is 0 Å². The number of furan rings is 1. The first-order valence-electron chi connectivity index (χ1n) is 11.0. The number of nitrogens with one attached hydrogen (secondary N) is 2. The van der Waals surface area contributed by atoms with Crippen LogP contribution < -0.4 is 10.6 Å². The van der Waals surface area contributed by atoms with Crippen molar-refractivity contribution in [3.63, 3.8) is 0 Å². The topological polar surface area (TPSA) is 52.8 Å². The van der Waals surface area contributed by atoms with E-state index in [2.05, 4.69) is 41.5 Å². The van der Waals surface area contributed by atoms with Crippen LogP contribution in [-0.2, 0) is 6.54 Å². The number of guanidine groups is 1. The summed E-state index contributed by atoms with van der Waals surface area (Å²) in [6.45, 7) is 8.10. The summed E-state index contributed by atoms with van der Waals surface area (Å²) in [6, 6.07) is 9.56. The molecule has 1 saturated heterocycles. The maximum atomic E-state index is 6.02. The van der Waals surface area contributed by atoms with E-state index in [9.17, 15) is 0 Å². The fourth-order valence-electron chi connectivity index (χ4n) is 4.72. The van der Waals surface area contributed by atoms with Gasteiger partial charge >= 0.3 is 0 Å². The number of piperidine rings is 1. The van der Waals surface area contributed by atoms with Crippen molar-refractivity contribution in [1.29, 1.82) is 0 Å². The molecule has 152 valence electrons. The van der Waals surface area contributed by atoms with Crippen LogP contribution in [0.5, 0.6) is 0 Å². The highest BCUT2D eigenvalue weighted by Gasteiger charge is 2.27. The lowest BCUT2D eigenvalue weighted by atomic mass is 10.0. The number of rotatable bonds is 5. The smallest absolute Gasteiger partial charge is 0.191 e. The molecule has 0 spiro atoms. The van der Waals surface area contributed by atoms with Crippen molar-refractivity contribution in [2.75, 3.05) is 19.6 Å². The van der Waals surface area contributed by atoms with Gasteiger partial charge < -0.3 is 20.0 Å². The van der Waals surface area contributed by atoms with E-state index in [0.29, 0.717) is 12.6 Å². The third-order valence-corrected chi connectivity index (χ3v) is 6.38. The molecule has 1 aliphatic carbocycles. The quantitative estimate of drug-likeness (QED) is 0.601. The number of fused-ring (bicyclic) bond motifs is 1. The molecule has 5 nitrogen and oxygen atoms in total. The number of aliphatic imine (C=N–C) groups is 1. The van der Waals surface area contributed by atoms with Gasteiger partial charge in [0.25, 0.3) is 0 Å². The largest absolute Gasteiger partial charge is 0.459 e. The van der Waals surface area contributed by atoms with E-state index in [0.717, 1.165) is 29.9 Å². The lowest BCUT2D eigenvalue weighted by Crippen LogP contribution is -2.50. The molecular formula is C23H34N4O. The molecule has 2 aromatic rings. The van der Waals surface area contributed by atoms with Crippen molar-refractivity contribution in [3.05, 3.63) is 35.6 Å². The number of likely N-dealkylation sites (tertiary alicyclic amines) is 1. The first-order valence-corrected chi connectivity index (χ1v) is 11.0. The van der Waals surface area contributed by atoms with Crippen LogP contribution in [0, 0.1) is 6.92 Å². The van der Waals surface area contributed by atoms with E-state index in [-0.39, 0.29) is 0 Å². The molecule has 4 rings (SSSR count). The highest BCUT2D eigenvalue weighted by molar-refractivity contribution is 5.82. The summed E-state index contributed by atoms with van der Waals surface area (Å²) >= 11 is 0. The first-order chi connectivity index (χ1) is 13.7. The van der Waals surface area contributed by atoms with Gasteiger partial charge in [0.05, 0.1) is 0 Å². The van der Waals surface area contributed by atoms with E-state index in [1.54, 1.807) is 0 Å². The van der Waals surface area contributed by atoms with Gasteiger partial charge in [0.2, 0.25) is 0 Å². The van der Waals surface area contributed by atoms with Gasteiger partial charge in [0, 0.05) is 42.7 Å². The third-order valence-electron chi connectivity index (χ3n) is 6.38. The number of benzene rings is 1. The second-order valence-corrected chi connectivity index (χ2v) is 8.23. The molecule has 2 aliphatic rings. The van der Waals surface area contributed by atoms with Crippen molar-refractivity contribution >= 4 is 16.9 Å². The van der Waals surface area contributed by atoms with Crippen LogP contribution in [0.4, 0.5) is 0 Å². The third kappa shape index (κ3) is 4.35. The molecule has 0 atom stereocenters. The predicted molar refractivity (Wildman–Crippen MR) is 116 cm³/mol. The van der Waals surface area contributed by atoms with Gasteiger partial charge in [-0.2, -0.15) is 0 Å². The summed E-state index contributed by atoms with van der Waals surface area (Å²) in [7, 11) is 0. The van der Waals surface area contributed by atoms with Gasteiger partial charge in [-0.05, 0) is 45.6 Å². The Hall–Kier alpha value is -2.01. The predicted octanol–water partition coefficient (Wildman–Crippen LogP) is 4.20. The summed E-state index contributed by atoms with van der Waals surface area (Å²) in [5.41, 5.74) is 2.14. The van der Waals surface area contributed by atoms with Crippen LogP contribution in [0.25, 0.3) is 11.0 Å². The molecule has 5 heteroatoms. The van der Waals surface area contributed by atoms with Gasteiger partial charge in [-0.15, -0.1) is 0 Å². The zero-order chi connectivity index (χ0) is 19.3. The molecule has 0 radical (unpaired) electrons. The van der Waals surface area contributed by atoms with Crippen molar-refractivity contribution in [1.82, 2.24) is 15.5 Å². The highest BCUT2D eigenvalue weighted by atomic mass is 16.3. The molecule has 2 N–H and O–H groups in total. The zero-order valence-corrected chi connectivity index (χ0v) is 17.3. The molecule has 1 aromatic carbocycles. The zero-order valence-electron chi connectivity index (χ0n) is 17.3. The van der Waals surface area contributed by atoms with E-state index in [1.165, 1.54) is 62.6 Å². The first kappa shape index (κ1) is 19.3. The lowest BCUT2D eigenvalue weighted by Gasteiger charge is -2.36. The Kier molecular flexibility index (Phi) is 6.20. The monoisotopic (exact) mass is 382 g/mol. The highest BCUT2D eigenvalue weighted by Crippen LogP contribution is 2.27. The maximum Gasteiger partial charge on any atom is 0.191 e. The standard InChI is InChI=1S/C23H34N4O/c1-3-24-23(25-16-22-17(2)20-10-6-7-11-21(20)28-22)26-18-12-14-27(15-13-18)19-8-4-5-9-19/h6-7,10-11,18-19H,3-5,8-9,12-16H2,1-2H3,(H2,24,25,26). The fourth-order valence-corrected chi connectivity index (χ4v) is 4.72. The average Bonchev–Trinajstić information content (AvgIpc) is 3.36. The second-order valence-electron chi connectivity index (χ2n) is 8.23. The summed E-state index contributed by atoms with van der Waals surface area (Å²) in [6.07, 6.45) is 8.04. The summed E-state index contributed by atoms with van der Waals surface area (Å²) in [5, 5.41) is 8.25. The van der Waals surface area contributed by atoms with Crippen molar-refractivity contribution < 1.29 is 4.42 Å². The van der Waals surface area contributed by atoms with Crippen molar-refractivity contribution in [3.8, 4) is 0 Å². The molecule has 1 aromatic heterocycles. The van der Waals surface area contributed by atoms with Crippen molar-refractivity contribution in [2.45, 2.75) is 71.0 Å². The molecule has 2 heterocycles. The number of aryl methyl sites for hydroxylation is 1. The van der Waals surface area contributed by atoms with E-state index < -0.39 is 0 Å². The fraction of sp³-hybridized carbons (Fsp3) is 0.609. The van der Waals surface area contributed by atoms with Crippen LogP contribution in [0.1, 0.15) is 56.8 Å². The van der Waals surface area contributed by atoms with Crippen LogP contribution in [0.3, 0.4) is 0 Å². The van der Waals surface area contributed by atoms with Crippen LogP contribution in [-0.4, -0.2) is 42.6 Å². The summed E-state index contributed by atoms with van der Waals surface area (Å²) < 4.78 is 6.02. The van der Waals surface area contributed by atoms with Gasteiger partial charge in [0.1, 0.15) is 17.9 Å². The van der Waals surface area contributed by atoms with Crippen LogP contribution in [0.15, 0.2) is 33.7 Å². The Balaban J connectivity index is 1.36. The van der Waals surface area contributed by atoms with E-state index in [1.807, 2.05) is 12.1 Å². The number of hydrogen-bond donors (Lipinski definition) is 2. The summed E-state index contributed by atoms with van der Waals surface area (Å²) in [4.78, 5) is 7.53. The Morgan fingerprint density at radius 1 is 1.14 bits per heavy atom. The molecule has 0 bridgehead atoms. The molecule has 0 amide bonds. The summed E-state index contributed by atoms with van der Waals surface area (Å²) in [5.74, 6) is 1.86. The SMILES string of the molecule is CCNC(=NCc1oc2ccccc2c1C)NC1CCN(C2CCCC2)CC1. The molecular weight excluding hydrogens is 348 g/mol. The lowest BCUT2D eigenvalue weighted by molar-refractivity contribution is 0.150. The minimum Gasteiger partial charge on any atom is -0.459 e. The van der Waals surface area contributed by atoms with Gasteiger partial charge in [-0.1, -0.05) is 31.0 Å². The number of nitrogens with zero attached hydrogens (tertiary/aromatic N) is 2. The normalized spacial score (nSPS) is 20.1. The molecule has 0 unspecified atom stereocenters. The Morgan fingerprint density at radius 2 is 1.89 bits per heavy atom. The van der Waals surface area contributed by atoms with E-state index >= 15 is 0 Å². The second kappa shape index (κ2) is 8.99. The Labute approximate surface area is 168 Å². The molecule has 1 aliphatic heterocycles. The van der Waals surface area contributed by atoms with Crippen molar-refractivity contribution in [2.24, 2.45) is 4.99 Å². The van der Waals surface area contributed by atoms with Gasteiger partial charge in [-0.25, -0.2) is 4.99 Å². The van der Waals surface area contributed by atoms with Crippen LogP contribution >= 0.6 is 0 Å². The van der Waals surface area contributed by atoms with Gasteiger partial charge in [0.15, 0.2) is 5.96 Å². The number of para-hydroxylation sites is 1. The molecule has 1 saturated carbocycles. The Bertz CT molecular complexity index is 798. The average molecular weight is 383 g/mol. The van der Waals surface area contributed by atoms with E-state index in [4.69, 9.17) is 9.41 Å². The molecule has 2 fully saturated rings. The van der Waals surface area contributed by atoms with Gasteiger partial charge in [-0.3, -0.25) is 0 Å². The minimum atomic E-state index is 0.507. The number of hydrogen-bond acceptors (Lipinski definition) is 3. The Morgan fingerprint density at radius 3 is 2.61 bits per heavy atom. The molecule has 28 heavy (non-hydrogen) atoms. The minimum absolute atomic E-state index is 0.507. The maximum absolute atomic E-state index is 6.02.